The standard InChI is InChI=1S/C25H26N6O2S/c1-14-27-23(26)22-24(28-14)31(25(32)29-22)11-16-6-8-19-21(10-16)34-20-9-15(3-4-17-12-33-13-17)5-7-18(20)30(19)2/h5-10,17H,3-4,11-13H2,1-2H3,(H,29,32)(H2,26,27,28). The third-order valence-corrected chi connectivity index (χ3v) is 7.74. The van der Waals surface area contributed by atoms with Crippen molar-refractivity contribution in [2.75, 3.05) is 30.9 Å². The Morgan fingerprint density at radius 1 is 1.12 bits per heavy atom. The summed E-state index contributed by atoms with van der Waals surface area (Å²) in [6.45, 7) is 3.98. The number of ether oxygens (including phenoxy) is 1. The number of anilines is 3. The molecule has 1 fully saturated rings. The number of nitrogens with two attached hydrogens (primary N) is 1. The predicted octanol–water partition coefficient (Wildman–Crippen LogP) is 3.87. The molecule has 174 valence electrons. The first-order chi connectivity index (χ1) is 16.5. The summed E-state index contributed by atoms with van der Waals surface area (Å²) in [5.74, 6) is 1.53. The average molecular weight is 475 g/mol. The Kier molecular flexibility index (Phi) is 5.11. The molecule has 0 amide bonds. The molecule has 8 nitrogen and oxygen atoms in total. The van der Waals surface area contributed by atoms with Crippen LogP contribution < -0.4 is 16.3 Å². The molecule has 0 radical (unpaired) electrons. The van der Waals surface area contributed by atoms with Gasteiger partial charge in [-0.25, -0.2) is 14.8 Å². The van der Waals surface area contributed by atoms with Crippen LogP contribution >= 0.6 is 11.8 Å². The number of hydrogen-bond acceptors (Lipinski definition) is 7. The second-order valence-corrected chi connectivity index (χ2v) is 10.2. The zero-order valence-corrected chi connectivity index (χ0v) is 20.0. The molecule has 2 aromatic heterocycles. The lowest BCUT2D eigenvalue weighted by Crippen LogP contribution is -2.27. The highest BCUT2D eigenvalue weighted by molar-refractivity contribution is 7.99. The average Bonchev–Trinajstić information content (AvgIpc) is 3.08. The number of imidazole rings is 1. The number of H-pyrrole nitrogens is 1. The zero-order valence-electron chi connectivity index (χ0n) is 19.2. The van der Waals surface area contributed by atoms with E-state index in [-0.39, 0.29) is 5.69 Å². The van der Waals surface area contributed by atoms with E-state index in [9.17, 15) is 4.79 Å². The first kappa shape index (κ1) is 21.2. The van der Waals surface area contributed by atoms with Crippen molar-refractivity contribution in [2.24, 2.45) is 5.92 Å². The molecule has 1 saturated heterocycles. The van der Waals surface area contributed by atoms with Crippen LogP contribution in [0.5, 0.6) is 0 Å². The van der Waals surface area contributed by atoms with E-state index < -0.39 is 0 Å². The number of nitrogens with zero attached hydrogens (tertiary/aromatic N) is 4. The van der Waals surface area contributed by atoms with E-state index in [1.807, 2.05) is 0 Å². The SMILES string of the molecule is Cc1nc(N)c2[nH]c(=O)n(Cc3ccc4c(c3)Sc3cc(CCC5COC5)ccc3N4C)c2n1. The van der Waals surface area contributed by atoms with Gasteiger partial charge in [-0.05, 0) is 55.2 Å². The Hall–Kier alpha value is -3.30. The van der Waals surface area contributed by atoms with E-state index in [0.29, 0.717) is 35.3 Å². The molecular weight excluding hydrogens is 448 g/mol. The molecule has 2 aromatic carbocycles. The first-order valence-electron chi connectivity index (χ1n) is 11.4. The molecule has 0 atom stereocenters. The van der Waals surface area contributed by atoms with Gasteiger partial charge in [0.25, 0.3) is 0 Å². The van der Waals surface area contributed by atoms with E-state index in [1.165, 1.54) is 27.5 Å². The Balaban J connectivity index is 1.29. The molecule has 0 aliphatic carbocycles. The molecule has 0 unspecified atom stereocenters. The maximum absolute atomic E-state index is 12.6. The van der Waals surface area contributed by atoms with Crippen molar-refractivity contribution < 1.29 is 4.74 Å². The number of fused-ring (bicyclic) bond motifs is 3. The molecule has 0 bridgehead atoms. The van der Waals surface area contributed by atoms with Crippen LogP contribution in [0.1, 0.15) is 23.4 Å². The van der Waals surface area contributed by atoms with Gasteiger partial charge in [0.05, 0.1) is 31.1 Å². The van der Waals surface area contributed by atoms with Gasteiger partial charge in [0, 0.05) is 22.8 Å². The lowest BCUT2D eigenvalue weighted by Gasteiger charge is -2.30. The molecule has 34 heavy (non-hydrogen) atoms. The fourth-order valence-electron chi connectivity index (χ4n) is 4.65. The molecule has 9 heteroatoms. The van der Waals surface area contributed by atoms with Gasteiger partial charge >= 0.3 is 5.69 Å². The minimum atomic E-state index is -0.240. The third-order valence-electron chi connectivity index (χ3n) is 6.64. The van der Waals surface area contributed by atoms with Gasteiger partial charge in [-0.3, -0.25) is 4.57 Å². The van der Waals surface area contributed by atoms with Gasteiger partial charge < -0.3 is 20.4 Å². The maximum atomic E-state index is 12.6. The van der Waals surface area contributed by atoms with E-state index in [2.05, 4.69) is 63.3 Å². The van der Waals surface area contributed by atoms with Gasteiger partial charge in [-0.2, -0.15) is 0 Å². The van der Waals surface area contributed by atoms with Gasteiger partial charge in [0.2, 0.25) is 0 Å². The number of rotatable bonds is 5. The van der Waals surface area contributed by atoms with Gasteiger partial charge in [0.1, 0.15) is 11.3 Å². The Labute approximate surface area is 201 Å². The second kappa shape index (κ2) is 8.18. The van der Waals surface area contributed by atoms with Crippen molar-refractivity contribution >= 4 is 40.1 Å². The first-order valence-corrected chi connectivity index (χ1v) is 12.3. The maximum Gasteiger partial charge on any atom is 0.328 e. The van der Waals surface area contributed by atoms with E-state index >= 15 is 0 Å². The molecule has 6 rings (SSSR count). The number of aromatic amines is 1. The fraction of sp³-hybridized carbons (Fsp3) is 0.320. The highest BCUT2D eigenvalue weighted by Gasteiger charge is 2.23. The third kappa shape index (κ3) is 3.65. The van der Waals surface area contributed by atoms with Gasteiger partial charge in [0.15, 0.2) is 11.5 Å². The summed E-state index contributed by atoms with van der Waals surface area (Å²) in [6.07, 6.45) is 2.25. The summed E-state index contributed by atoms with van der Waals surface area (Å²) in [5, 5.41) is 0. The van der Waals surface area contributed by atoms with E-state index in [0.717, 1.165) is 30.9 Å². The number of aryl methyl sites for hydroxylation is 2. The van der Waals surface area contributed by atoms with Crippen molar-refractivity contribution in [3.8, 4) is 0 Å². The molecule has 0 spiro atoms. The van der Waals surface area contributed by atoms with Crippen LogP contribution in [-0.2, 0) is 17.7 Å². The summed E-state index contributed by atoms with van der Waals surface area (Å²) in [5.41, 5.74) is 11.5. The van der Waals surface area contributed by atoms with E-state index in [4.69, 9.17) is 10.5 Å². The minimum Gasteiger partial charge on any atom is -0.382 e. The summed E-state index contributed by atoms with van der Waals surface area (Å²) in [4.78, 5) is 28.7. The fourth-order valence-corrected chi connectivity index (χ4v) is 5.93. The molecule has 2 aliphatic rings. The largest absolute Gasteiger partial charge is 0.382 e. The summed E-state index contributed by atoms with van der Waals surface area (Å²) in [6, 6.07) is 13.1. The van der Waals surface area contributed by atoms with E-state index in [1.54, 1.807) is 23.3 Å². The topological polar surface area (TPSA) is 102 Å². The molecule has 4 aromatic rings. The quantitative estimate of drug-likeness (QED) is 0.453. The molecule has 3 N–H and O–H groups in total. The predicted molar refractivity (Wildman–Crippen MR) is 134 cm³/mol. The normalized spacial score (nSPS) is 15.3. The van der Waals surface area contributed by atoms with Crippen LogP contribution in [-0.4, -0.2) is 39.8 Å². The van der Waals surface area contributed by atoms with Crippen LogP contribution in [0.25, 0.3) is 11.2 Å². The number of benzene rings is 2. The summed E-state index contributed by atoms with van der Waals surface area (Å²) >= 11 is 1.79. The van der Waals surface area contributed by atoms with Crippen LogP contribution in [0.3, 0.4) is 0 Å². The molecule has 4 heterocycles. The summed E-state index contributed by atoms with van der Waals surface area (Å²) in [7, 11) is 2.11. The minimum absolute atomic E-state index is 0.240. The Bertz CT molecular complexity index is 1470. The second-order valence-electron chi connectivity index (χ2n) is 9.08. The highest BCUT2D eigenvalue weighted by Crippen LogP contribution is 2.48. The number of nitrogen functional groups attached to an aromatic ring is 1. The molecular formula is C25H26N6O2S. The van der Waals surface area contributed by atoms with Gasteiger partial charge in [-0.15, -0.1) is 0 Å². The Morgan fingerprint density at radius 3 is 2.53 bits per heavy atom. The van der Waals surface area contributed by atoms with Crippen molar-refractivity contribution in [1.82, 2.24) is 19.5 Å². The number of hydrogen-bond donors (Lipinski definition) is 2. The van der Waals surface area contributed by atoms with Crippen LogP contribution in [0.15, 0.2) is 51.0 Å². The summed E-state index contributed by atoms with van der Waals surface area (Å²) < 4.78 is 6.93. The van der Waals surface area contributed by atoms with Crippen molar-refractivity contribution in [3.05, 3.63) is 63.8 Å². The smallest absolute Gasteiger partial charge is 0.328 e. The Morgan fingerprint density at radius 2 is 1.82 bits per heavy atom. The lowest BCUT2D eigenvalue weighted by molar-refractivity contribution is -0.0352. The molecule has 0 saturated carbocycles. The highest BCUT2D eigenvalue weighted by atomic mass is 32.2. The van der Waals surface area contributed by atoms with Gasteiger partial charge in [-0.1, -0.05) is 23.9 Å². The lowest BCUT2D eigenvalue weighted by atomic mass is 9.98. The van der Waals surface area contributed by atoms with Crippen LogP contribution in [0.2, 0.25) is 0 Å². The van der Waals surface area contributed by atoms with Crippen LogP contribution in [0.4, 0.5) is 17.2 Å². The molecule has 2 aliphatic heterocycles. The van der Waals surface area contributed by atoms with Crippen molar-refractivity contribution in [2.45, 2.75) is 36.1 Å². The van der Waals surface area contributed by atoms with Crippen molar-refractivity contribution in [1.29, 1.82) is 0 Å². The van der Waals surface area contributed by atoms with Crippen molar-refractivity contribution in [3.63, 3.8) is 0 Å². The number of aromatic nitrogens is 4. The van der Waals surface area contributed by atoms with Crippen LogP contribution in [0, 0.1) is 12.8 Å². The monoisotopic (exact) mass is 474 g/mol. The number of nitrogens with one attached hydrogen (secondary N) is 1. The zero-order chi connectivity index (χ0) is 23.4.